The maximum atomic E-state index is 12.1. The summed E-state index contributed by atoms with van der Waals surface area (Å²) < 4.78 is 15.9. The highest BCUT2D eigenvalue weighted by molar-refractivity contribution is 6.30. The van der Waals surface area contributed by atoms with Crippen LogP contribution in [0.1, 0.15) is 11.1 Å². The number of amides is 1. The highest BCUT2D eigenvalue weighted by atomic mass is 35.5. The molecule has 3 rings (SSSR count). The van der Waals surface area contributed by atoms with Crippen molar-refractivity contribution in [2.45, 2.75) is 6.61 Å². The molecule has 0 aliphatic rings. The van der Waals surface area contributed by atoms with Crippen molar-refractivity contribution in [2.75, 3.05) is 19.2 Å². The fourth-order valence-electron chi connectivity index (χ4n) is 2.54. The van der Waals surface area contributed by atoms with Gasteiger partial charge in [0.1, 0.15) is 18.1 Å². The standard InChI is InChI=1S/C24H22ClNO4/c1-28-17-30-23-11-4-18(5-12-23)6-15-24(27)26-21-9-13-22(14-10-21)29-16-19-2-7-20(25)8-3-19/h2-15H,16-17H2,1H3,(H,26,27)/b15-6+. The molecule has 0 atom stereocenters. The van der Waals surface area contributed by atoms with E-state index in [1.54, 1.807) is 25.3 Å². The Morgan fingerprint density at radius 1 is 0.900 bits per heavy atom. The molecular formula is C24H22ClNO4. The largest absolute Gasteiger partial charge is 0.489 e. The van der Waals surface area contributed by atoms with E-state index in [1.807, 2.05) is 60.7 Å². The lowest BCUT2D eigenvalue weighted by atomic mass is 10.2. The molecule has 0 bridgehead atoms. The van der Waals surface area contributed by atoms with Crippen molar-refractivity contribution < 1.29 is 19.0 Å². The predicted molar refractivity (Wildman–Crippen MR) is 119 cm³/mol. The molecule has 30 heavy (non-hydrogen) atoms. The van der Waals surface area contributed by atoms with Crippen LogP contribution >= 0.6 is 11.6 Å². The number of hydrogen-bond acceptors (Lipinski definition) is 4. The summed E-state index contributed by atoms with van der Waals surface area (Å²) >= 11 is 5.88. The Balaban J connectivity index is 1.47. The van der Waals surface area contributed by atoms with Gasteiger partial charge in [0, 0.05) is 23.9 Å². The maximum Gasteiger partial charge on any atom is 0.248 e. The Hall–Kier alpha value is -3.28. The third kappa shape index (κ3) is 6.95. The summed E-state index contributed by atoms with van der Waals surface area (Å²) in [5.41, 5.74) is 2.60. The fourth-order valence-corrected chi connectivity index (χ4v) is 2.67. The summed E-state index contributed by atoms with van der Waals surface area (Å²) in [4.78, 5) is 12.1. The molecule has 3 aromatic carbocycles. The van der Waals surface area contributed by atoms with Gasteiger partial charge in [-0.15, -0.1) is 0 Å². The minimum Gasteiger partial charge on any atom is -0.489 e. The van der Waals surface area contributed by atoms with Gasteiger partial charge in [-0.2, -0.15) is 0 Å². The number of benzene rings is 3. The number of halogens is 1. The molecule has 154 valence electrons. The van der Waals surface area contributed by atoms with Crippen molar-refractivity contribution in [3.63, 3.8) is 0 Å². The quantitative estimate of drug-likeness (QED) is 0.362. The Labute approximate surface area is 180 Å². The zero-order valence-corrected chi connectivity index (χ0v) is 17.3. The van der Waals surface area contributed by atoms with Gasteiger partial charge in [0.2, 0.25) is 5.91 Å². The zero-order chi connectivity index (χ0) is 21.2. The highest BCUT2D eigenvalue weighted by Crippen LogP contribution is 2.18. The van der Waals surface area contributed by atoms with Crippen LogP contribution in [0.3, 0.4) is 0 Å². The Bertz CT molecular complexity index is 968. The molecule has 0 aromatic heterocycles. The van der Waals surface area contributed by atoms with E-state index >= 15 is 0 Å². The fraction of sp³-hybridized carbons (Fsp3) is 0.125. The molecule has 6 heteroatoms. The normalized spacial score (nSPS) is 10.7. The van der Waals surface area contributed by atoms with Crippen LogP contribution in [0, 0.1) is 0 Å². The molecule has 0 unspecified atom stereocenters. The molecular weight excluding hydrogens is 402 g/mol. The summed E-state index contributed by atoms with van der Waals surface area (Å²) in [6, 6.07) is 22.1. The van der Waals surface area contributed by atoms with Crippen molar-refractivity contribution >= 4 is 29.3 Å². The number of ether oxygens (including phenoxy) is 3. The van der Waals surface area contributed by atoms with Crippen molar-refractivity contribution in [2.24, 2.45) is 0 Å². The van der Waals surface area contributed by atoms with Crippen molar-refractivity contribution in [1.82, 2.24) is 0 Å². The summed E-state index contributed by atoms with van der Waals surface area (Å²) in [7, 11) is 1.57. The molecule has 5 nitrogen and oxygen atoms in total. The number of nitrogens with one attached hydrogen (secondary N) is 1. The Morgan fingerprint density at radius 2 is 1.53 bits per heavy atom. The maximum absolute atomic E-state index is 12.1. The molecule has 0 saturated heterocycles. The van der Waals surface area contributed by atoms with E-state index in [0.717, 1.165) is 11.1 Å². The van der Waals surface area contributed by atoms with Gasteiger partial charge < -0.3 is 19.5 Å². The second-order valence-electron chi connectivity index (χ2n) is 6.38. The third-order valence-corrected chi connectivity index (χ3v) is 4.34. The average molecular weight is 424 g/mol. The minimum absolute atomic E-state index is 0.197. The van der Waals surface area contributed by atoms with Crippen molar-refractivity contribution in [3.05, 3.63) is 95.0 Å². The first-order valence-corrected chi connectivity index (χ1v) is 9.68. The lowest BCUT2D eigenvalue weighted by molar-refractivity contribution is -0.111. The number of methoxy groups -OCH3 is 1. The van der Waals surface area contributed by atoms with Gasteiger partial charge in [-0.25, -0.2) is 0 Å². The van der Waals surface area contributed by atoms with Gasteiger partial charge in [-0.05, 0) is 65.7 Å². The van der Waals surface area contributed by atoms with Gasteiger partial charge in [-0.3, -0.25) is 4.79 Å². The number of rotatable bonds is 9. The second kappa shape index (κ2) is 11.0. The van der Waals surface area contributed by atoms with E-state index < -0.39 is 0 Å². The van der Waals surface area contributed by atoms with E-state index in [-0.39, 0.29) is 12.7 Å². The van der Waals surface area contributed by atoms with E-state index in [1.165, 1.54) is 6.08 Å². The summed E-state index contributed by atoms with van der Waals surface area (Å²) in [6.07, 6.45) is 3.22. The molecule has 1 amide bonds. The number of carbonyl (C=O) groups excluding carboxylic acids is 1. The number of carbonyl (C=O) groups is 1. The average Bonchev–Trinajstić information content (AvgIpc) is 2.77. The van der Waals surface area contributed by atoms with E-state index in [9.17, 15) is 4.79 Å². The predicted octanol–water partition coefficient (Wildman–Crippen LogP) is 5.55. The summed E-state index contributed by atoms with van der Waals surface area (Å²) in [5.74, 6) is 1.20. The molecule has 0 aliphatic carbocycles. The van der Waals surface area contributed by atoms with Crippen LogP contribution in [-0.4, -0.2) is 19.8 Å². The van der Waals surface area contributed by atoms with Crippen molar-refractivity contribution in [3.8, 4) is 11.5 Å². The number of anilines is 1. The van der Waals surface area contributed by atoms with Gasteiger partial charge in [0.05, 0.1) is 0 Å². The lowest BCUT2D eigenvalue weighted by Gasteiger charge is -2.08. The van der Waals surface area contributed by atoms with E-state index in [2.05, 4.69) is 5.32 Å². The monoisotopic (exact) mass is 423 g/mol. The van der Waals surface area contributed by atoms with Gasteiger partial charge in [-0.1, -0.05) is 35.9 Å². The van der Waals surface area contributed by atoms with Crippen LogP contribution in [0.15, 0.2) is 78.9 Å². The summed E-state index contributed by atoms with van der Waals surface area (Å²) in [5, 5.41) is 3.52. The van der Waals surface area contributed by atoms with Crippen LogP contribution in [0.5, 0.6) is 11.5 Å². The topological polar surface area (TPSA) is 56.8 Å². The van der Waals surface area contributed by atoms with E-state index in [0.29, 0.717) is 28.8 Å². The molecule has 0 fully saturated rings. The molecule has 0 heterocycles. The van der Waals surface area contributed by atoms with E-state index in [4.69, 9.17) is 25.8 Å². The minimum atomic E-state index is -0.218. The SMILES string of the molecule is COCOc1ccc(/C=C/C(=O)Nc2ccc(OCc3ccc(Cl)cc3)cc2)cc1. The smallest absolute Gasteiger partial charge is 0.248 e. The zero-order valence-electron chi connectivity index (χ0n) is 16.5. The van der Waals surface area contributed by atoms with Gasteiger partial charge in [0.25, 0.3) is 0 Å². The first kappa shape index (κ1) is 21.4. The second-order valence-corrected chi connectivity index (χ2v) is 6.82. The summed E-state index contributed by atoms with van der Waals surface area (Å²) in [6.45, 7) is 0.642. The van der Waals surface area contributed by atoms with Crippen LogP contribution in [0.4, 0.5) is 5.69 Å². The van der Waals surface area contributed by atoms with Crippen LogP contribution < -0.4 is 14.8 Å². The van der Waals surface area contributed by atoms with Crippen LogP contribution in [0.25, 0.3) is 6.08 Å². The molecule has 3 aromatic rings. The van der Waals surface area contributed by atoms with Crippen LogP contribution in [-0.2, 0) is 16.1 Å². The molecule has 1 N–H and O–H groups in total. The molecule has 0 radical (unpaired) electrons. The van der Waals surface area contributed by atoms with Gasteiger partial charge in [0.15, 0.2) is 6.79 Å². The molecule has 0 aliphatic heterocycles. The van der Waals surface area contributed by atoms with Crippen LogP contribution in [0.2, 0.25) is 5.02 Å². The number of hydrogen-bond donors (Lipinski definition) is 1. The first-order chi connectivity index (χ1) is 14.6. The molecule has 0 spiro atoms. The lowest BCUT2D eigenvalue weighted by Crippen LogP contribution is -2.07. The first-order valence-electron chi connectivity index (χ1n) is 9.30. The Kier molecular flexibility index (Phi) is 7.89. The third-order valence-electron chi connectivity index (χ3n) is 4.09. The van der Waals surface area contributed by atoms with Gasteiger partial charge >= 0.3 is 0 Å². The Morgan fingerprint density at radius 3 is 2.20 bits per heavy atom. The van der Waals surface area contributed by atoms with Crippen molar-refractivity contribution in [1.29, 1.82) is 0 Å². The highest BCUT2D eigenvalue weighted by Gasteiger charge is 2.01. The molecule has 0 saturated carbocycles.